The summed E-state index contributed by atoms with van der Waals surface area (Å²) in [5.41, 5.74) is 0.840. The first-order valence-electron chi connectivity index (χ1n) is 10.5. The number of hydrogen-bond donors (Lipinski definition) is 0. The van der Waals surface area contributed by atoms with Gasteiger partial charge in [-0.2, -0.15) is 0 Å². The van der Waals surface area contributed by atoms with Crippen LogP contribution in [-0.4, -0.2) is 52.3 Å². The van der Waals surface area contributed by atoms with Crippen LogP contribution in [0.5, 0.6) is 0 Å². The number of benzene rings is 2. The van der Waals surface area contributed by atoms with Gasteiger partial charge in [-0.05, 0) is 57.2 Å². The molecular formula is C25H23N3O5. The van der Waals surface area contributed by atoms with E-state index in [1.165, 1.54) is 4.90 Å². The lowest BCUT2D eigenvalue weighted by molar-refractivity contribution is -0.153. The number of hydrogen-bond acceptors (Lipinski definition) is 6. The van der Waals surface area contributed by atoms with Crippen LogP contribution in [0.15, 0.2) is 60.8 Å². The fourth-order valence-corrected chi connectivity index (χ4v) is 3.74. The standard InChI is InChI=1S/C25H23N3O5/c1-25(2,3)33-22(30)15-27(20-12-6-11-19-18(20)10-7-13-26-19)21(29)14-28-23(31)16-8-4-5-9-17(16)24(28)32/h4-13H,14-15H2,1-3H3. The van der Waals surface area contributed by atoms with Crippen LogP contribution >= 0.6 is 0 Å². The number of nitrogens with zero attached hydrogens (tertiary/aromatic N) is 3. The number of fused-ring (bicyclic) bond motifs is 2. The van der Waals surface area contributed by atoms with Crippen LogP contribution in [0.4, 0.5) is 5.69 Å². The Morgan fingerprint density at radius 1 is 0.939 bits per heavy atom. The van der Waals surface area contributed by atoms with Gasteiger partial charge in [0.05, 0.1) is 22.3 Å². The summed E-state index contributed by atoms with van der Waals surface area (Å²) in [6, 6.07) is 15.1. The number of rotatable bonds is 5. The summed E-state index contributed by atoms with van der Waals surface area (Å²) >= 11 is 0. The minimum atomic E-state index is -0.741. The van der Waals surface area contributed by atoms with Crippen molar-refractivity contribution in [2.24, 2.45) is 0 Å². The average molecular weight is 445 g/mol. The van der Waals surface area contributed by atoms with E-state index in [1.54, 1.807) is 81.6 Å². The van der Waals surface area contributed by atoms with Gasteiger partial charge in [-0.1, -0.05) is 18.2 Å². The lowest BCUT2D eigenvalue weighted by Crippen LogP contribution is -2.45. The third-order valence-corrected chi connectivity index (χ3v) is 5.09. The maximum atomic E-state index is 13.4. The van der Waals surface area contributed by atoms with E-state index >= 15 is 0 Å². The molecule has 2 heterocycles. The van der Waals surface area contributed by atoms with Crippen molar-refractivity contribution >= 4 is 40.3 Å². The largest absolute Gasteiger partial charge is 0.459 e. The predicted molar refractivity (Wildman–Crippen MR) is 122 cm³/mol. The molecule has 2 aromatic carbocycles. The van der Waals surface area contributed by atoms with Crippen LogP contribution < -0.4 is 4.90 Å². The molecule has 0 aliphatic carbocycles. The molecule has 8 heteroatoms. The van der Waals surface area contributed by atoms with E-state index in [4.69, 9.17) is 4.74 Å². The van der Waals surface area contributed by atoms with E-state index in [1.807, 2.05) is 0 Å². The Bertz CT molecular complexity index is 1240. The van der Waals surface area contributed by atoms with Crippen molar-refractivity contribution in [3.8, 4) is 0 Å². The molecule has 1 aromatic heterocycles. The fraction of sp³-hybridized carbons (Fsp3) is 0.240. The third-order valence-electron chi connectivity index (χ3n) is 5.09. The molecule has 0 saturated heterocycles. The van der Waals surface area contributed by atoms with Gasteiger partial charge in [0.2, 0.25) is 5.91 Å². The highest BCUT2D eigenvalue weighted by molar-refractivity contribution is 6.23. The summed E-state index contributed by atoms with van der Waals surface area (Å²) in [6.45, 7) is 4.31. The number of esters is 1. The lowest BCUT2D eigenvalue weighted by Gasteiger charge is -2.27. The molecular weight excluding hydrogens is 422 g/mol. The quantitative estimate of drug-likeness (QED) is 0.442. The highest BCUT2D eigenvalue weighted by Gasteiger charge is 2.38. The number of pyridine rings is 1. The van der Waals surface area contributed by atoms with Gasteiger partial charge in [-0.3, -0.25) is 34.0 Å². The van der Waals surface area contributed by atoms with Gasteiger partial charge >= 0.3 is 5.97 Å². The number of anilines is 1. The van der Waals surface area contributed by atoms with E-state index < -0.39 is 35.8 Å². The molecule has 3 aromatic rings. The number of ether oxygens (including phenoxy) is 1. The van der Waals surface area contributed by atoms with Crippen molar-refractivity contribution in [1.29, 1.82) is 0 Å². The highest BCUT2D eigenvalue weighted by atomic mass is 16.6. The van der Waals surface area contributed by atoms with E-state index in [9.17, 15) is 19.2 Å². The highest BCUT2D eigenvalue weighted by Crippen LogP contribution is 2.27. The van der Waals surface area contributed by atoms with Crippen LogP contribution in [-0.2, 0) is 14.3 Å². The Morgan fingerprint density at radius 3 is 2.24 bits per heavy atom. The molecule has 1 aliphatic heterocycles. The molecule has 0 fully saturated rings. The number of imide groups is 1. The molecule has 168 valence electrons. The molecule has 0 N–H and O–H groups in total. The Morgan fingerprint density at radius 2 is 1.61 bits per heavy atom. The molecule has 8 nitrogen and oxygen atoms in total. The zero-order valence-corrected chi connectivity index (χ0v) is 18.6. The third kappa shape index (κ3) is 4.45. The van der Waals surface area contributed by atoms with Gasteiger partial charge in [0.25, 0.3) is 11.8 Å². The first-order chi connectivity index (χ1) is 15.7. The van der Waals surface area contributed by atoms with Crippen molar-refractivity contribution in [3.05, 3.63) is 71.9 Å². The fourth-order valence-electron chi connectivity index (χ4n) is 3.74. The van der Waals surface area contributed by atoms with Crippen molar-refractivity contribution < 1.29 is 23.9 Å². The van der Waals surface area contributed by atoms with Crippen LogP contribution in [0.25, 0.3) is 10.9 Å². The SMILES string of the molecule is CC(C)(C)OC(=O)CN(C(=O)CN1C(=O)c2ccccc2C1=O)c1cccc2ncccc12. The van der Waals surface area contributed by atoms with E-state index in [-0.39, 0.29) is 17.7 Å². The molecule has 0 spiro atoms. The minimum Gasteiger partial charge on any atom is -0.459 e. The van der Waals surface area contributed by atoms with Crippen molar-refractivity contribution in [3.63, 3.8) is 0 Å². The van der Waals surface area contributed by atoms with Gasteiger partial charge in [-0.15, -0.1) is 0 Å². The Balaban J connectivity index is 1.67. The molecule has 3 amide bonds. The minimum absolute atomic E-state index is 0.253. The summed E-state index contributed by atoms with van der Waals surface area (Å²) < 4.78 is 5.42. The number of aromatic nitrogens is 1. The van der Waals surface area contributed by atoms with Gasteiger partial charge in [0, 0.05) is 11.6 Å². The second-order valence-electron chi connectivity index (χ2n) is 8.66. The topological polar surface area (TPSA) is 96.9 Å². The molecule has 4 rings (SSSR count). The van der Waals surface area contributed by atoms with Crippen LogP contribution in [0.2, 0.25) is 0 Å². The predicted octanol–water partition coefficient (Wildman–Crippen LogP) is 3.21. The number of carbonyl (C=O) groups excluding carboxylic acids is 4. The summed E-state index contributed by atoms with van der Waals surface area (Å²) in [7, 11) is 0. The first-order valence-corrected chi connectivity index (χ1v) is 10.5. The van der Waals surface area contributed by atoms with E-state index in [0.29, 0.717) is 16.6 Å². The van der Waals surface area contributed by atoms with Crippen molar-refractivity contribution in [1.82, 2.24) is 9.88 Å². The summed E-state index contributed by atoms with van der Waals surface area (Å²) in [6.07, 6.45) is 1.63. The summed E-state index contributed by atoms with van der Waals surface area (Å²) in [5, 5.41) is 0.652. The Labute approximate surface area is 190 Å². The molecule has 0 unspecified atom stereocenters. The average Bonchev–Trinajstić information content (AvgIpc) is 3.01. The molecule has 0 atom stereocenters. The van der Waals surface area contributed by atoms with Crippen LogP contribution in [0, 0.1) is 0 Å². The zero-order chi connectivity index (χ0) is 23.8. The van der Waals surface area contributed by atoms with Crippen LogP contribution in [0.1, 0.15) is 41.5 Å². The molecule has 0 bridgehead atoms. The van der Waals surface area contributed by atoms with Crippen LogP contribution in [0.3, 0.4) is 0 Å². The monoisotopic (exact) mass is 445 g/mol. The second kappa shape index (κ2) is 8.46. The molecule has 1 aliphatic rings. The molecule has 0 saturated carbocycles. The Kier molecular flexibility index (Phi) is 5.68. The smallest absolute Gasteiger partial charge is 0.326 e. The second-order valence-corrected chi connectivity index (χ2v) is 8.66. The number of carbonyl (C=O) groups is 4. The zero-order valence-electron chi connectivity index (χ0n) is 18.6. The summed E-state index contributed by atoms with van der Waals surface area (Å²) in [5.74, 6) is -2.28. The Hall–Kier alpha value is -4.07. The van der Waals surface area contributed by atoms with Gasteiger partial charge in [-0.25, -0.2) is 0 Å². The van der Waals surface area contributed by atoms with Gasteiger partial charge < -0.3 is 4.74 Å². The summed E-state index contributed by atoms with van der Waals surface area (Å²) in [4.78, 5) is 58.0. The molecule has 33 heavy (non-hydrogen) atoms. The number of amides is 3. The lowest BCUT2D eigenvalue weighted by atomic mass is 10.1. The van der Waals surface area contributed by atoms with Gasteiger partial charge in [0.15, 0.2) is 0 Å². The maximum absolute atomic E-state index is 13.4. The normalized spacial score (nSPS) is 13.2. The first kappa shape index (κ1) is 22.1. The molecule has 0 radical (unpaired) electrons. The van der Waals surface area contributed by atoms with Gasteiger partial charge in [0.1, 0.15) is 18.7 Å². The maximum Gasteiger partial charge on any atom is 0.326 e. The van der Waals surface area contributed by atoms with E-state index in [2.05, 4.69) is 4.98 Å². The van der Waals surface area contributed by atoms with Crippen molar-refractivity contribution in [2.45, 2.75) is 26.4 Å². The van der Waals surface area contributed by atoms with Crippen molar-refractivity contribution in [2.75, 3.05) is 18.0 Å². The van der Waals surface area contributed by atoms with E-state index in [0.717, 1.165) is 4.90 Å².